The highest BCUT2D eigenvalue weighted by molar-refractivity contribution is 6.25. The number of hydrogen-bond acceptors (Lipinski definition) is 0. The lowest BCUT2D eigenvalue weighted by atomic mass is 10.3. The summed E-state index contributed by atoms with van der Waals surface area (Å²) in [5, 5.41) is 0. The van der Waals surface area contributed by atoms with Crippen molar-refractivity contribution in [1.29, 1.82) is 0 Å². The minimum Gasteiger partial charge on any atom is -0.0933 e. The Kier molecular flexibility index (Phi) is 15.5. The molecule has 0 rings (SSSR count). The van der Waals surface area contributed by atoms with Gasteiger partial charge in [0.05, 0.1) is 0 Å². The predicted molar refractivity (Wildman–Crippen MR) is 43.1 cm³/mol. The zero-order chi connectivity index (χ0) is 5.54. The van der Waals surface area contributed by atoms with Crippen molar-refractivity contribution in [3.63, 3.8) is 0 Å². The van der Waals surface area contributed by atoms with Gasteiger partial charge in [0, 0.05) is 5.54 Å². The lowest BCUT2D eigenvalue weighted by Gasteiger charge is -1.83. The van der Waals surface area contributed by atoms with E-state index in [0.717, 1.165) is 6.42 Å². The summed E-state index contributed by atoms with van der Waals surface area (Å²) in [6.07, 6.45) is 5.61. The van der Waals surface area contributed by atoms with Gasteiger partial charge in [0.2, 0.25) is 0 Å². The number of unbranched alkanes of at least 4 members (excludes halogenated alkanes) is 2. The Morgan fingerprint density at radius 1 is 1.50 bits per heavy atom. The Morgan fingerprint density at radius 3 is 2.50 bits per heavy atom. The fraction of sp³-hybridized carbons (Fsp3) is 0.667. The largest absolute Gasteiger partial charge is 0.316 e. The van der Waals surface area contributed by atoms with E-state index >= 15 is 0 Å². The van der Waals surface area contributed by atoms with E-state index in [1.165, 1.54) is 12.8 Å². The molecule has 0 radical (unpaired) electrons. The van der Waals surface area contributed by atoms with Crippen LogP contribution in [0.15, 0.2) is 11.6 Å². The Balaban J connectivity index is 0. The second-order valence-electron chi connectivity index (χ2n) is 1.50. The number of rotatable bonds is 3. The van der Waals surface area contributed by atoms with Gasteiger partial charge in [-0.1, -0.05) is 37.4 Å². The van der Waals surface area contributed by atoms with E-state index in [0.29, 0.717) is 0 Å². The first-order valence-corrected chi connectivity index (χ1v) is 3.10. The third kappa shape index (κ3) is 9.93. The van der Waals surface area contributed by atoms with Gasteiger partial charge in [-0.3, -0.25) is 0 Å². The van der Waals surface area contributed by atoms with E-state index in [-0.39, 0.29) is 23.1 Å². The van der Waals surface area contributed by atoms with Crippen LogP contribution in [0.2, 0.25) is 0 Å². The summed E-state index contributed by atoms with van der Waals surface area (Å²) >= 11 is 5.26. The second kappa shape index (κ2) is 10.7. The molecule has 46 valence electrons. The molecular formula is C6H13ClMg. The lowest BCUT2D eigenvalue weighted by molar-refractivity contribution is 0.815. The Bertz CT molecular complexity index is 52.5. The maximum absolute atomic E-state index is 5.26. The third-order valence-corrected chi connectivity index (χ3v) is 0.992. The molecule has 0 saturated carbocycles. The summed E-state index contributed by atoms with van der Waals surface area (Å²) in [6, 6.07) is 0. The lowest BCUT2D eigenvalue weighted by Crippen LogP contribution is -1.63. The maximum Gasteiger partial charge on any atom is 0.316 e. The standard InChI is InChI=1S/C6H11Cl.Mg.2H/c1-2-3-4-5-6-7;;;/h5-6H,2-4H2,1H3;;;/b6-5+;;;. The first kappa shape index (κ1) is 11.6. The first-order valence-electron chi connectivity index (χ1n) is 2.67. The van der Waals surface area contributed by atoms with E-state index in [1.807, 2.05) is 6.08 Å². The average molecular weight is 145 g/mol. The van der Waals surface area contributed by atoms with Crippen LogP contribution in [-0.2, 0) is 0 Å². The fourth-order valence-corrected chi connectivity index (χ4v) is 0.511. The van der Waals surface area contributed by atoms with Crippen molar-refractivity contribution in [3.8, 4) is 0 Å². The SMILES string of the molecule is CCCC/C=C/Cl.[MgH2]. The molecule has 0 amide bonds. The van der Waals surface area contributed by atoms with Gasteiger partial charge in [-0.2, -0.15) is 0 Å². The van der Waals surface area contributed by atoms with Crippen LogP contribution in [0, 0.1) is 0 Å². The zero-order valence-electron chi connectivity index (χ0n) is 4.65. The first-order chi connectivity index (χ1) is 3.41. The Labute approximate surface area is 72.4 Å². The van der Waals surface area contributed by atoms with E-state index in [1.54, 1.807) is 5.54 Å². The summed E-state index contributed by atoms with van der Waals surface area (Å²) in [4.78, 5) is 0. The van der Waals surface area contributed by atoms with Crippen LogP contribution < -0.4 is 0 Å². The molecule has 0 N–H and O–H groups in total. The molecule has 0 aliphatic rings. The van der Waals surface area contributed by atoms with Crippen molar-refractivity contribution in [2.75, 3.05) is 0 Å². The predicted octanol–water partition coefficient (Wildman–Crippen LogP) is 2.01. The summed E-state index contributed by atoms with van der Waals surface area (Å²) < 4.78 is 0. The molecule has 2 heteroatoms. The molecular weight excluding hydrogens is 132 g/mol. The van der Waals surface area contributed by atoms with Crippen LogP contribution in [0.4, 0.5) is 0 Å². The van der Waals surface area contributed by atoms with Crippen molar-refractivity contribution in [1.82, 2.24) is 0 Å². The summed E-state index contributed by atoms with van der Waals surface area (Å²) in [6.45, 7) is 2.17. The van der Waals surface area contributed by atoms with Crippen LogP contribution in [0.1, 0.15) is 26.2 Å². The van der Waals surface area contributed by atoms with E-state index in [2.05, 4.69) is 6.92 Å². The molecule has 0 nitrogen and oxygen atoms in total. The molecule has 0 fully saturated rings. The van der Waals surface area contributed by atoms with Gasteiger partial charge in [-0.05, 0) is 6.42 Å². The molecule has 0 aromatic carbocycles. The number of allylic oxidation sites excluding steroid dienone is 1. The molecule has 8 heavy (non-hydrogen) atoms. The average Bonchev–Trinajstić information content (AvgIpc) is 1.69. The molecule has 0 aliphatic heterocycles. The third-order valence-electron chi connectivity index (χ3n) is 0.813. The zero-order valence-corrected chi connectivity index (χ0v) is 5.41. The van der Waals surface area contributed by atoms with Crippen LogP contribution in [0.25, 0.3) is 0 Å². The highest BCUT2D eigenvalue weighted by Crippen LogP contribution is 1.94. The molecule has 0 saturated heterocycles. The molecule has 0 aromatic rings. The Morgan fingerprint density at radius 2 is 2.12 bits per heavy atom. The normalized spacial score (nSPS) is 9.25. The number of halogens is 1. The smallest absolute Gasteiger partial charge is 0.0933 e. The van der Waals surface area contributed by atoms with Crippen molar-refractivity contribution in [2.24, 2.45) is 0 Å². The van der Waals surface area contributed by atoms with Gasteiger partial charge >= 0.3 is 23.1 Å². The van der Waals surface area contributed by atoms with Crippen LogP contribution in [0.3, 0.4) is 0 Å². The van der Waals surface area contributed by atoms with E-state index < -0.39 is 0 Å². The van der Waals surface area contributed by atoms with Crippen molar-refractivity contribution >= 4 is 34.7 Å². The van der Waals surface area contributed by atoms with E-state index in [4.69, 9.17) is 11.6 Å². The van der Waals surface area contributed by atoms with Gasteiger partial charge < -0.3 is 0 Å². The highest BCUT2D eigenvalue weighted by Gasteiger charge is 1.73. The molecule has 0 heterocycles. The topological polar surface area (TPSA) is 0 Å². The fourth-order valence-electron chi connectivity index (χ4n) is 0.385. The van der Waals surface area contributed by atoms with E-state index in [9.17, 15) is 0 Å². The summed E-state index contributed by atoms with van der Waals surface area (Å²) in [7, 11) is 0. The van der Waals surface area contributed by atoms with Gasteiger partial charge in [0.15, 0.2) is 0 Å². The summed E-state index contributed by atoms with van der Waals surface area (Å²) in [5.41, 5.74) is 1.58. The van der Waals surface area contributed by atoms with Crippen molar-refractivity contribution in [2.45, 2.75) is 26.2 Å². The molecule has 0 unspecified atom stereocenters. The molecule has 0 spiro atoms. The minimum atomic E-state index is 0. The molecule has 0 atom stereocenters. The highest BCUT2D eigenvalue weighted by atomic mass is 35.5. The van der Waals surface area contributed by atoms with Crippen LogP contribution in [-0.4, -0.2) is 23.1 Å². The minimum absolute atomic E-state index is 0. The Hall–Kier alpha value is 0.796. The maximum atomic E-state index is 5.26. The molecule has 0 aliphatic carbocycles. The van der Waals surface area contributed by atoms with Crippen molar-refractivity contribution in [3.05, 3.63) is 11.6 Å². The van der Waals surface area contributed by atoms with Gasteiger partial charge in [0.25, 0.3) is 0 Å². The van der Waals surface area contributed by atoms with Crippen LogP contribution in [0.5, 0.6) is 0 Å². The van der Waals surface area contributed by atoms with Gasteiger partial charge in [0.1, 0.15) is 0 Å². The molecule has 0 bridgehead atoms. The summed E-state index contributed by atoms with van der Waals surface area (Å²) in [5.74, 6) is 0. The van der Waals surface area contributed by atoms with Gasteiger partial charge in [-0.15, -0.1) is 0 Å². The number of hydrogen-bond donors (Lipinski definition) is 0. The van der Waals surface area contributed by atoms with Gasteiger partial charge in [-0.25, -0.2) is 0 Å². The quantitative estimate of drug-likeness (QED) is 0.420. The monoisotopic (exact) mass is 144 g/mol. The van der Waals surface area contributed by atoms with Crippen molar-refractivity contribution < 1.29 is 0 Å². The molecule has 0 aromatic heterocycles. The second-order valence-corrected chi connectivity index (χ2v) is 1.76. The van der Waals surface area contributed by atoms with Crippen LogP contribution >= 0.6 is 11.6 Å².